The van der Waals surface area contributed by atoms with Crippen LogP contribution in [0.4, 0.5) is 0 Å². The van der Waals surface area contributed by atoms with Crippen LogP contribution >= 0.6 is 11.6 Å². The minimum absolute atomic E-state index is 0.0126. The Morgan fingerprint density at radius 1 is 1.24 bits per heavy atom. The number of nitrogens with one attached hydrogen (secondary N) is 1. The van der Waals surface area contributed by atoms with Crippen molar-refractivity contribution < 1.29 is 33.7 Å². The van der Waals surface area contributed by atoms with Crippen LogP contribution in [0.1, 0.15) is 45.6 Å². The molecule has 8 nitrogen and oxygen atoms in total. The Morgan fingerprint density at radius 3 is 2.55 bits per heavy atom. The van der Waals surface area contributed by atoms with E-state index in [-0.39, 0.29) is 46.8 Å². The lowest BCUT2D eigenvalue weighted by molar-refractivity contribution is -0.151. The van der Waals surface area contributed by atoms with E-state index in [1.807, 2.05) is 6.92 Å². The number of halogens is 1. The van der Waals surface area contributed by atoms with Gasteiger partial charge < -0.3 is 24.6 Å². The lowest BCUT2D eigenvalue weighted by Gasteiger charge is -2.38. The second-order valence-corrected chi connectivity index (χ2v) is 8.45. The molecule has 178 valence electrons. The van der Waals surface area contributed by atoms with E-state index in [4.69, 9.17) is 25.8 Å². The lowest BCUT2D eigenvalue weighted by atomic mass is 9.69. The fraction of sp³-hybridized carbons (Fsp3) is 0.458. The highest BCUT2D eigenvalue weighted by Crippen LogP contribution is 2.48. The van der Waals surface area contributed by atoms with Crippen molar-refractivity contribution in [3.8, 4) is 11.5 Å². The summed E-state index contributed by atoms with van der Waals surface area (Å²) in [5.74, 6) is -3.92. The summed E-state index contributed by atoms with van der Waals surface area (Å²) in [7, 11) is 1.24. The van der Waals surface area contributed by atoms with E-state index >= 15 is 0 Å². The molecule has 0 fully saturated rings. The Hall–Kier alpha value is -3.00. The molecule has 0 unspecified atom stereocenters. The number of ether oxygens (including phenoxy) is 3. The molecule has 0 spiro atoms. The maximum absolute atomic E-state index is 13.7. The average molecular weight is 478 g/mol. The highest BCUT2D eigenvalue weighted by molar-refractivity contribution is 6.32. The third-order valence-corrected chi connectivity index (χ3v) is 6.21. The van der Waals surface area contributed by atoms with Crippen molar-refractivity contribution in [2.24, 2.45) is 11.8 Å². The number of aromatic hydroxyl groups is 1. The van der Waals surface area contributed by atoms with Crippen molar-refractivity contribution in [1.82, 2.24) is 5.32 Å². The lowest BCUT2D eigenvalue weighted by Crippen LogP contribution is -2.43. The minimum atomic E-state index is -1.00. The predicted octanol–water partition coefficient (Wildman–Crippen LogP) is 3.62. The monoisotopic (exact) mass is 477 g/mol. The molecule has 33 heavy (non-hydrogen) atoms. The van der Waals surface area contributed by atoms with Gasteiger partial charge in [0.25, 0.3) is 0 Å². The first-order valence-electron chi connectivity index (χ1n) is 10.8. The molecule has 1 aliphatic heterocycles. The SMILES string of the molecule is CCOC(=O)C1=C(C)NC2=C(C(=O)[C@H](C(=O)OC)[C@@H](C)C2)[C@H]1c1cc(Cl)c(O)c(OCC)c1. The second-order valence-electron chi connectivity index (χ2n) is 8.04. The number of ketones is 1. The van der Waals surface area contributed by atoms with E-state index in [9.17, 15) is 19.5 Å². The van der Waals surface area contributed by atoms with Gasteiger partial charge in [-0.25, -0.2) is 4.79 Å². The summed E-state index contributed by atoms with van der Waals surface area (Å²) < 4.78 is 15.7. The molecule has 1 heterocycles. The number of allylic oxidation sites excluding steroid dienone is 3. The van der Waals surface area contributed by atoms with Crippen LogP contribution in [-0.4, -0.2) is 43.2 Å². The Balaban J connectivity index is 2.26. The van der Waals surface area contributed by atoms with Crippen LogP contribution in [-0.2, 0) is 23.9 Å². The van der Waals surface area contributed by atoms with Gasteiger partial charge in [-0.15, -0.1) is 0 Å². The van der Waals surface area contributed by atoms with Crippen LogP contribution in [0.5, 0.6) is 11.5 Å². The first-order chi connectivity index (χ1) is 15.7. The van der Waals surface area contributed by atoms with E-state index in [1.54, 1.807) is 26.8 Å². The van der Waals surface area contributed by atoms with Crippen LogP contribution < -0.4 is 10.1 Å². The first kappa shape index (κ1) is 24.6. The highest BCUT2D eigenvalue weighted by Gasteiger charge is 2.47. The number of rotatable bonds is 6. The van der Waals surface area contributed by atoms with Gasteiger partial charge in [0.1, 0.15) is 5.92 Å². The van der Waals surface area contributed by atoms with E-state index in [1.165, 1.54) is 13.2 Å². The Kier molecular flexibility index (Phi) is 7.37. The van der Waals surface area contributed by atoms with E-state index in [0.717, 1.165) is 0 Å². The van der Waals surface area contributed by atoms with Crippen LogP contribution in [0.15, 0.2) is 34.7 Å². The molecule has 0 saturated heterocycles. The zero-order chi connectivity index (χ0) is 24.4. The van der Waals surface area contributed by atoms with E-state index in [2.05, 4.69) is 5.32 Å². The summed E-state index contributed by atoms with van der Waals surface area (Å²) in [6, 6.07) is 3.04. The molecular weight excluding hydrogens is 450 g/mol. The minimum Gasteiger partial charge on any atom is -0.503 e. The normalized spacial score (nSPS) is 22.5. The molecule has 0 amide bonds. The van der Waals surface area contributed by atoms with Gasteiger partial charge in [-0.1, -0.05) is 18.5 Å². The summed E-state index contributed by atoms with van der Waals surface area (Å²) in [5.41, 5.74) is 2.14. The van der Waals surface area contributed by atoms with E-state index < -0.39 is 29.6 Å². The van der Waals surface area contributed by atoms with Crippen molar-refractivity contribution >= 4 is 29.3 Å². The Morgan fingerprint density at radius 2 is 1.94 bits per heavy atom. The molecule has 9 heteroatoms. The zero-order valence-corrected chi connectivity index (χ0v) is 20.0. The summed E-state index contributed by atoms with van der Waals surface area (Å²) in [4.78, 5) is 39.1. The summed E-state index contributed by atoms with van der Waals surface area (Å²) in [5, 5.41) is 13.5. The number of hydrogen-bond donors (Lipinski definition) is 2. The first-order valence-corrected chi connectivity index (χ1v) is 11.2. The van der Waals surface area contributed by atoms with Crippen LogP contribution in [0, 0.1) is 11.8 Å². The molecule has 1 aromatic carbocycles. The van der Waals surface area contributed by atoms with Crippen molar-refractivity contribution in [2.45, 2.75) is 40.0 Å². The topological polar surface area (TPSA) is 111 Å². The number of esters is 2. The van der Waals surface area contributed by atoms with Crippen LogP contribution in [0.2, 0.25) is 5.02 Å². The van der Waals surface area contributed by atoms with Crippen molar-refractivity contribution in [2.75, 3.05) is 20.3 Å². The number of benzene rings is 1. The van der Waals surface area contributed by atoms with Crippen LogP contribution in [0.3, 0.4) is 0 Å². The molecule has 3 rings (SSSR count). The van der Waals surface area contributed by atoms with Gasteiger partial charge in [-0.2, -0.15) is 0 Å². The standard InChI is InChI=1S/C24H28ClNO7/c1-6-32-16-10-13(9-14(25)21(16)27)19-18(24(30)33-7-2)12(4)26-15-8-11(3)17(23(29)31-5)22(28)20(15)19/h9-11,17,19,26-27H,6-8H2,1-5H3/t11-,17+,19-/m0/s1. The van der Waals surface area contributed by atoms with Gasteiger partial charge in [0.15, 0.2) is 17.3 Å². The van der Waals surface area contributed by atoms with Gasteiger partial charge in [0.05, 0.1) is 30.9 Å². The van der Waals surface area contributed by atoms with Gasteiger partial charge in [0, 0.05) is 22.9 Å². The van der Waals surface area contributed by atoms with Crippen LogP contribution in [0.25, 0.3) is 0 Å². The van der Waals surface area contributed by atoms with Crippen molar-refractivity contribution in [1.29, 1.82) is 0 Å². The Labute approximate surface area is 197 Å². The molecule has 3 atom stereocenters. The summed E-state index contributed by atoms with van der Waals surface area (Å²) >= 11 is 6.28. The number of Topliss-reactive ketones (excluding diaryl/α,β-unsaturated/α-hetero) is 1. The fourth-order valence-corrected chi connectivity index (χ4v) is 4.74. The molecular formula is C24H28ClNO7. The number of phenolic OH excluding ortho intramolecular Hbond substituents is 1. The maximum Gasteiger partial charge on any atom is 0.336 e. The molecule has 0 bridgehead atoms. The largest absolute Gasteiger partial charge is 0.503 e. The summed E-state index contributed by atoms with van der Waals surface area (Å²) in [6.45, 7) is 7.40. The quantitative estimate of drug-likeness (QED) is 0.472. The number of methoxy groups -OCH3 is 1. The number of hydrogen-bond acceptors (Lipinski definition) is 8. The fourth-order valence-electron chi connectivity index (χ4n) is 4.52. The zero-order valence-electron chi connectivity index (χ0n) is 19.3. The third kappa shape index (κ3) is 4.44. The molecule has 0 radical (unpaired) electrons. The number of carbonyl (C=O) groups excluding carboxylic acids is 3. The molecule has 2 aliphatic rings. The van der Waals surface area contributed by atoms with E-state index in [0.29, 0.717) is 23.4 Å². The molecule has 1 aromatic rings. The van der Waals surface area contributed by atoms with Gasteiger partial charge >= 0.3 is 11.9 Å². The van der Waals surface area contributed by atoms with Crippen molar-refractivity contribution in [3.63, 3.8) is 0 Å². The van der Waals surface area contributed by atoms with Gasteiger partial charge in [0.2, 0.25) is 0 Å². The number of carbonyl (C=O) groups is 3. The average Bonchev–Trinajstić information content (AvgIpc) is 2.75. The molecule has 0 aromatic heterocycles. The van der Waals surface area contributed by atoms with Gasteiger partial charge in [-0.3, -0.25) is 9.59 Å². The predicted molar refractivity (Wildman–Crippen MR) is 121 cm³/mol. The van der Waals surface area contributed by atoms with Crippen molar-refractivity contribution in [3.05, 3.63) is 45.3 Å². The summed E-state index contributed by atoms with van der Waals surface area (Å²) in [6.07, 6.45) is 0.412. The smallest absolute Gasteiger partial charge is 0.336 e. The number of dihydropyridines is 1. The highest BCUT2D eigenvalue weighted by atomic mass is 35.5. The van der Waals surface area contributed by atoms with Gasteiger partial charge in [-0.05, 0) is 50.8 Å². The maximum atomic E-state index is 13.7. The Bertz CT molecular complexity index is 1060. The second kappa shape index (κ2) is 9.87. The number of phenols is 1. The molecule has 2 N–H and O–H groups in total. The molecule has 1 aliphatic carbocycles. The molecule has 0 saturated carbocycles. The third-order valence-electron chi connectivity index (χ3n) is 5.92.